The van der Waals surface area contributed by atoms with Crippen LogP contribution < -0.4 is 5.73 Å². The lowest BCUT2D eigenvalue weighted by Crippen LogP contribution is -2.00. The lowest BCUT2D eigenvalue weighted by atomic mass is 9.96. The van der Waals surface area contributed by atoms with Crippen LogP contribution in [0.4, 0.5) is 5.82 Å². The second-order valence-electron chi connectivity index (χ2n) is 5.82. The minimum atomic E-state index is 0.256. The summed E-state index contributed by atoms with van der Waals surface area (Å²) in [4.78, 5) is 4.51. The Morgan fingerprint density at radius 3 is 2.32 bits per heavy atom. The van der Waals surface area contributed by atoms with Gasteiger partial charge in [-0.15, -0.1) is 0 Å². The molecule has 4 aromatic rings. The highest BCUT2D eigenvalue weighted by molar-refractivity contribution is 5.97. The Balaban J connectivity index is 2.01. The van der Waals surface area contributed by atoms with Crippen LogP contribution in [-0.2, 0) is 0 Å². The van der Waals surface area contributed by atoms with E-state index in [2.05, 4.69) is 29.3 Å². The van der Waals surface area contributed by atoms with Gasteiger partial charge < -0.3 is 5.73 Å². The van der Waals surface area contributed by atoms with Gasteiger partial charge in [-0.2, -0.15) is 5.26 Å². The van der Waals surface area contributed by atoms with Gasteiger partial charge in [-0.1, -0.05) is 72.8 Å². The maximum atomic E-state index is 9.52. The zero-order valence-corrected chi connectivity index (χ0v) is 13.5. The van der Waals surface area contributed by atoms with Gasteiger partial charge in [-0.05, 0) is 22.4 Å². The van der Waals surface area contributed by atoms with Crippen molar-refractivity contribution in [3.8, 4) is 28.5 Å². The number of rotatable bonds is 2. The molecule has 0 fully saturated rings. The van der Waals surface area contributed by atoms with Crippen molar-refractivity contribution >= 4 is 16.6 Å². The van der Waals surface area contributed by atoms with Crippen LogP contribution in [0.15, 0.2) is 78.9 Å². The second-order valence-corrected chi connectivity index (χ2v) is 5.82. The lowest BCUT2D eigenvalue weighted by molar-refractivity contribution is 1.31. The van der Waals surface area contributed by atoms with Crippen LogP contribution in [0, 0.1) is 11.3 Å². The predicted octanol–water partition coefficient (Wildman–Crippen LogP) is 5.02. The Morgan fingerprint density at radius 1 is 0.800 bits per heavy atom. The third kappa shape index (κ3) is 2.60. The van der Waals surface area contributed by atoms with Crippen molar-refractivity contribution < 1.29 is 0 Å². The molecule has 0 atom stereocenters. The maximum absolute atomic E-state index is 9.52. The van der Waals surface area contributed by atoms with Crippen LogP contribution >= 0.6 is 0 Å². The summed E-state index contributed by atoms with van der Waals surface area (Å²) in [5.41, 5.74) is 10.1. The first kappa shape index (κ1) is 14.9. The number of pyridine rings is 1. The van der Waals surface area contributed by atoms with E-state index >= 15 is 0 Å². The fourth-order valence-corrected chi connectivity index (χ4v) is 3.11. The van der Waals surface area contributed by atoms with Gasteiger partial charge in [-0.25, -0.2) is 4.98 Å². The number of benzene rings is 3. The molecule has 0 saturated heterocycles. The summed E-state index contributed by atoms with van der Waals surface area (Å²) in [6.07, 6.45) is 0. The Labute approximate surface area is 146 Å². The quantitative estimate of drug-likeness (QED) is 0.563. The average molecular weight is 321 g/mol. The maximum Gasteiger partial charge on any atom is 0.142 e. The molecule has 118 valence electrons. The van der Waals surface area contributed by atoms with E-state index in [9.17, 15) is 5.26 Å². The summed E-state index contributed by atoms with van der Waals surface area (Å²) in [5.74, 6) is 0.256. The molecule has 0 radical (unpaired) electrons. The van der Waals surface area contributed by atoms with E-state index in [-0.39, 0.29) is 5.82 Å². The predicted molar refractivity (Wildman–Crippen MR) is 102 cm³/mol. The minimum Gasteiger partial charge on any atom is -0.383 e. The normalized spacial score (nSPS) is 10.5. The summed E-state index contributed by atoms with van der Waals surface area (Å²) < 4.78 is 0. The van der Waals surface area contributed by atoms with E-state index in [0.29, 0.717) is 5.56 Å². The molecular weight excluding hydrogens is 306 g/mol. The molecule has 3 aromatic carbocycles. The molecule has 25 heavy (non-hydrogen) atoms. The molecule has 1 heterocycles. The molecule has 2 N–H and O–H groups in total. The molecule has 0 spiro atoms. The van der Waals surface area contributed by atoms with E-state index in [0.717, 1.165) is 33.2 Å². The third-order valence-electron chi connectivity index (χ3n) is 4.31. The molecule has 0 bridgehead atoms. The van der Waals surface area contributed by atoms with Crippen molar-refractivity contribution in [1.82, 2.24) is 4.98 Å². The number of nitrogens with zero attached hydrogens (tertiary/aromatic N) is 2. The fraction of sp³-hybridized carbons (Fsp3) is 0. The van der Waals surface area contributed by atoms with Crippen molar-refractivity contribution in [3.63, 3.8) is 0 Å². The summed E-state index contributed by atoms with van der Waals surface area (Å²) in [7, 11) is 0. The Morgan fingerprint density at radius 2 is 1.52 bits per heavy atom. The SMILES string of the molecule is N#Cc1c(-c2ccccc2)cc(-c2cccc3ccccc23)nc1N. The smallest absolute Gasteiger partial charge is 0.142 e. The first-order chi connectivity index (χ1) is 12.3. The van der Waals surface area contributed by atoms with E-state index in [1.165, 1.54) is 0 Å². The van der Waals surface area contributed by atoms with Crippen LogP contribution in [-0.4, -0.2) is 4.98 Å². The molecule has 3 heteroatoms. The summed E-state index contributed by atoms with van der Waals surface area (Å²) in [6.45, 7) is 0. The summed E-state index contributed by atoms with van der Waals surface area (Å²) in [5, 5.41) is 11.8. The number of nitrogens with two attached hydrogens (primary N) is 1. The zero-order chi connectivity index (χ0) is 17.2. The number of anilines is 1. The molecule has 0 saturated carbocycles. The first-order valence-electron chi connectivity index (χ1n) is 8.02. The molecule has 4 rings (SSSR count). The Bertz CT molecular complexity index is 1100. The molecule has 0 aliphatic heterocycles. The fourth-order valence-electron chi connectivity index (χ4n) is 3.11. The molecule has 0 aliphatic carbocycles. The van der Waals surface area contributed by atoms with Crippen LogP contribution in [0.1, 0.15) is 5.56 Å². The van der Waals surface area contributed by atoms with Crippen molar-refractivity contribution in [3.05, 3.63) is 84.4 Å². The molecule has 0 aliphatic rings. The van der Waals surface area contributed by atoms with Gasteiger partial charge in [-0.3, -0.25) is 0 Å². The Hall–Kier alpha value is -3.64. The van der Waals surface area contributed by atoms with Crippen LogP contribution in [0.25, 0.3) is 33.2 Å². The highest BCUT2D eigenvalue weighted by Gasteiger charge is 2.14. The first-order valence-corrected chi connectivity index (χ1v) is 8.02. The van der Waals surface area contributed by atoms with Gasteiger partial charge in [0.15, 0.2) is 0 Å². The van der Waals surface area contributed by atoms with Crippen molar-refractivity contribution in [2.24, 2.45) is 0 Å². The lowest BCUT2D eigenvalue weighted by Gasteiger charge is -2.12. The molecule has 0 unspecified atom stereocenters. The summed E-state index contributed by atoms with van der Waals surface area (Å²) in [6, 6.07) is 28.2. The minimum absolute atomic E-state index is 0.256. The topological polar surface area (TPSA) is 62.7 Å². The monoisotopic (exact) mass is 321 g/mol. The zero-order valence-electron chi connectivity index (χ0n) is 13.5. The van der Waals surface area contributed by atoms with Crippen molar-refractivity contribution in [2.45, 2.75) is 0 Å². The number of hydrogen-bond acceptors (Lipinski definition) is 3. The second kappa shape index (κ2) is 6.10. The molecule has 1 aromatic heterocycles. The number of nitrogen functional groups attached to an aromatic ring is 1. The van der Waals surface area contributed by atoms with Gasteiger partial charge in [0.05, 0.1) is 5.69 Å². The van der Waals surface area contributed by atoms with Gasteiger partial charge in [0.1, 0.15) is 17.5 Å². The number of fused-ring (bicyclic) bond motifs is 1. The van der Waals surface area contributed by atoms with Gasteiger partial charge >= 0.3 is 0 Å². The van der Waals surface area contributed by atoms with E-state index in [4.69, 9.17) is 5.73 Å². The standard InChI is InChI=1S/C22H15N3/c23-14-20-19(16-7-2-1-3-8-16)13-21(25-22(20)24)18-12-6-10-15-9-4-5-11-17(15)18/h1-13H,(H2,24,25). The van der Waals surface area contributed by atoms with Crippen LogP contribution in [0.3, 0.4) is 0 Å². The molecule has 3 nitrogen and oxygen atoms in total. The van der Waals surface area contributed by atoms with Gasteiger partial charge in [0.2, 0.25) is 0 Å². The van der Waals surface area contributed by atoms with E-state index in [1.807, 2.05) is 60.7 Å². The molecule has 0 amide bonds. The highest BCUT2D eigenvalue weighted by atomic mass is 14.8. The average Bonchev–Trinajstić information content (AvgIpc) is 2.67. The number of hydrogen-bond donors (Lipinski definition) is 1. The Kier molecular flexibility index (Phi) is 3.64. The summed E-state index contributed by atoms with van der Waals surface area (Å²) >= 11 is 0. The largest absolute Gasteiger partial charge is 0.383 e. The van der Waals surface area contributed by atoms with Crippen molar-refractivity contribution in [2.75, 3.05) is 5.73 Å². The van der Waals surface area contributed by atoms with Gasteiger partial charge in [0, 0.05) is 11.1 Å². The highest BCUT2D eigenvalue weighted by Crippen LogP contribution is 2.33. The van der Waals surface area contributed by atoms with Gasteiger partial charge in [0.25, 0.3) is 0 Å². The van der Waals surface area contributed by atoms with Crippen LogP contribution in [0.2, 0.25) is 0 Å². The third-order valence-corrected chi connectivity index (χ3v) is 4.31. The number of nitriles is 1. The van der Waals surface area contributed by atoms with E-state index < -0.39 is 0 Å². The van der Waals surface area contributed by atoms with Crippen LogP contribution in [0.5, 0.6) is 0 Å². The van der Waals surface area contributed by atoms with Crippen molar-refractivity contribution in [1.29, 1.82) is 5.26 Å². The van der Waals surface area contributed by atoms with E-state index in [1.54, 1.807) is 0 Å². The number of aromatic nitrogens is 1. The molecular formula is C22H15N3.